The molecular formula is C12H14Cl2N2O3. The fourth-order valence-electron chi connectivity index (χ4n) is 1.33. The van der Waals surface area contributed by atoms with Crippen LogP contribution in [0, 0.1) is 10.1 Å². The van der Waals surface area contributed by atoms with Gasteiger partial charge in [-0.15, -0.1) is 0 Å². The Labute approximate surface area is 121 Å². The lowest BCUT2D eigenvalue weighted by molar-refractivity contribution is -0.384. The molecule has 0 aliphatic heterocycles. The van der Waals surface area contributed by atoms with E-state index in [2.05, 4.69) is 11.9 Å². The average Bonchev–Trinajstić information content (AvgIpc) is 2.30. The summed E-state index contributed by atoms with van der Waals surface area (Å²) >= 11 is 11.9. The van der Waals surface area contributed by atoms with Crippen molar-refractivity contribution in [2.24, 2.45) is 0 Å². The minimum atomic E-state index is -0.544. The Morgan fingerprint density at radius 1 is 1.47 bits per heavy atom. The normalized spacial score (nSPS) is 10.3. The highest BCUT2D eigenvalue weighted by molar-refractivity contribution is 6.39. The number of nitro benzene ring substituents is 1. The van der Waals surface area contributed by atoms with Crippen LogP contribution in [0.15, 0.2) is 24.3 Å². The molecule has 0 atom stereocenters. The molecule has 0 fully saturated rings. The fraction of sp³-hybridized carbons (Fsp3) is 0.333. The zero-order valence-electron chi connectivity index (χ0n) is 10.4. The van der Waals surface area contributed by atoms with Gasteiger partial charge in [0, 0.05) is 18.7 Å². The fourth-order valence-corrected chi connectivity index (χ4v) is 1.94. The third-order valence-corrected chi connectivity index (χ3v) is 2.73. The summed E-state index contributed by atoms with van der Waals surface area (Å²) < 4.78 is 5.30. The first-order valence-corrected chi connectivity index (χ1v) is 6.27. The van der Waals surface area contributed by atoms with Gasteiger partial charge in [0.2, 0.25) is 0 Å². The highest BCUT2D eigenvalue weighted by Gasteiger charge is 2.14. The van der Waals surface area contributed by atoms with Crippen molar-refractivity contribution >= 4 is 34.6 Å². The molecule has 0 saturated heterocycles. The van der Waals surface area contributed by atoms with Crippen molar-refractivity contribution in [3.05, 3.63) is 44.4 Å². The van der Waals surface area contributed by atoms with Gasteiger partial charge in [0.15, 0.2) is 0 Å². The molecule has 5 nitrogen and oxygen atoms in total. The van der Waals surface area contributed by atoms with Crippen molar-refractivity contribution in [3.8, 4) is 0 Å². The second-order valence-electron chi connectivity index (χ2n) is 3.98. The molecule has 0 amide bonds. The molecular weight excluding hydrogens is 291 g/mol. The van der Waals surface area contributed by atoms with Gasteiger partial charge in [0.25, 0.3) is 5.69 Å². The summed E-state index contributed by atoms with van der Waals surface area (Å²) in [6.07, 6.45) is 0. The number of rotatable bonds is 7. The summed E-state index contributed by atoms with van der Waals surface area (Å²) in [5.74, 6) is 0. The first kappa shape index (κ1) is 15.8. The summed E-state index contributed by atoms with van der Waals surface area (Å²) in [5, 5.41) is 14.0. The quantitative estimate of drug-likeness (QED) is 0.359. The van der Waals surface area contributed by atoms with Crippen LogP contribution in [-0.4, -0.2) is 24.7 Å². The second-order valence-corrected chi connectivity index (χ2v) is 4.79. The molecule has 0 bridgehead atoms. The Kier molecular flexibility index (Phi) is 6.08. The number of ether oxygens (including phenoxy) is 1. The number of hydrogen-bond acceptors (Lipinski definition) is 4. The maximum absolute atomic E-state index is 10.6. The van der Waals surface area contributed by atoms with Crippen LogP contribution in [0.2, 0.25) is 10.0 Å². The minimum absolute atomic E-state index is 0.140. The van der Waals surface area contributed by atoms with Gasteiger partial charge in [-0.3, -0.25) is 10.1 Å². The van der Waals surface area contributed by atoms with Gasteiger partial charge in [-0.1, -0.05) is 35.4 Å². The van der Waals surface area contributed by atoms with Crippen molar-refractivity contribution in [3.63, 3.8) is 0 Å². The van der Waals surface area contributed by atoms with Crippen molar-refractivity contribution in [1.29, 1.82) is 0 Å². The Balaban J connectivity index is 2.59. The largest absolute Gasteiger partial charge is 0.380 e. The van der Waals surface area contributed by atoms with Gasteiger partial charge in [-0.05, 0) is 6.92 Å². The number of nitro groups is 1. The van der Waals surface area contributed by atoms with Gasteiger partial charge < -0.3 is 10.1 Å². The lowest BCUT2D eigenvalue weighted by Crippen LogP contribution is -2.11. The Morgan fingerprint density at radius 3 is 2.53 bits per heavy atom. The predicted octanol–water partition coefficient (Wildman–Crippen LogP) is 3.91. The van der Waals surface area contributed by atoms with E-state index in [-0.39, 0.29) is 15.7 Å². The molecule has 0 spiro atoms. The van der Waals surface area contributed by atoms with Gasteiger partial charge in [-0.25, -0.2) is 0 Å². The molecule has 0 aliphatic carbocycles. The van der Waals surface area contributed by atoms with Gasteiger partial charge >= 0.3 is 0 Å². The first-order chi connectivity index (χ1) is 8.91. The van der Waals surface area contributed by atoms with E-state index < -0.39 is 4.92 Å². The number of benzene rings is 1. The third kappa shape index (κ3) is 5.06. The van der Waals surface area contributed by atoms with Gasteiger partial charge in [0.05, 0.1) is 33.9 Å². The molecule has 1 aromatic rings. The Hall–Kier alpha value is -1.30. The van der Waals surface area contributed by atoms with E-state index in [0.29, 0.717) is 25.4 Å². The van der Waals surface area contributed by atoms with E-state index in [0.717, 1.165) is 5.57 Å². The molecule has 0 saturated carbocycles. The molecule has 7 heteroatoms. The van der Waals surface area contributed by atoms with Crippen LogP contribution >= 0.6 is 23.2 Å². The highest BCUT2D eigenvalue weighted by atomic mass is 35.5. The van der Waals surface area contributed by atoms with Crippen molar-refractivity contribution in [1.82, 2.24) is 0 Å². The molecule has 0 unspecified atom stereocenters. The minimum Gasteiger partial charge on any atom is -0.380 e. The smallest absolute Gasteiger partial charge is 0.272 e. The van der Waals surface area contributed by atoms with E-state index in [9.17, 15) is 10.1 Å². The summed E-state index contributed by atoms with van der Waals surface area (Å²) in [4.78, 5) is 10.1. The molecule has 0 aromatic heterocycles. The van der Waals surface area contributed by atoms with Crippen LogP contribution in [0.3, 0.4) is 0 Å². The number of halogens is 2. The van der Waals surface area contributed by atoms with E-state index in [1.54, 1.807) is 0 Å². The van der Waals surface area contributed by atoms with E-state index >= 15 is 0 Å². The first-order valence-electron chi connectivity index (χ1n) is 5.51. The number of nitrogens with one attached hydrogen (secondary N) is 1. The number of hydrogen-bond donors (Lipinski definition) is 1. The predicted molar refractivity (Wildman–Crippen MR) is 77.2 cm³/mol. The lowest BCUT2D eigenvalue weighted by atomic mass is 10.3. The monoisotopic (exact) mass is 304 g/mol. The summed E-state index contributed by atoms with van der Waals surface area (Å²) in [6, 6.07) is 2.51. The molecule has 19 heavy (non-hydrogen) atoms. The number of anilines is 1. The molecule has 0 radical (unpaired) electrons. The molecule has 0 heterocycles. The average molecular weight is 305 g/mol. The Morgan fingerprint density at radius 2 is 2.05 bits per heavy atom. The maximum Gasteiger partial charge on any atom is 0.272 e. The zero-order chi connectivity index (χ0) is 14.4. The van der Waals surface area contributed by atoms with Gasteiger partial charge in [-0.2, -0.15) is 0 Å². The Bertz CT molecular complexity index is 469. The van der Waals surface area contributed by atoms with Crippen molar-refractivity contribution < 1.29 is 9.66 Å². The van der Waals surface area contributed by atoms with E-state index in [1.807, 2.05) is 6.92 Å². The second kappa shape index (κ2) is 7.33. The molecule has 1 rings (SSSR count). The van der Waals surface area contributed by atoms with Crippen LogP contribution in [0.5, 0.6) is 0 Å². The van der Waals surface area contributed by atoms with Crippen LogP contribution in [-0.2, 0) is 4.74 Å². The van der Waals surface area contributed by atoms with Gasteiger partial charge in [0.1, 0.15) is 0 Å². The lowest BCUT2D eigenvalue weighted by Gasteiger charge is -2.10. The van der Waals surface area contributed by atoms with Crippen LogP contribution < -0.4 is 5.32 Å². The highest BCUT2D eigenvalue weighted by Crippen LogP contribution is 2.34. The van der Waals surface area contributed by atoms with E-state index in [1.165, 1.54) is 12.1 Å². The summed E-state index contributed by atoms with van der Waals surface area (Å²) in [7, 11) is 0. The van der Waals surface area contributed by atoms with Crippen LogP contribution in [0.25, 0.3) is 0 Å². The molecule has 0 aliphatic rings. The molecule has 1 aromatic carbocycles. The SMILES string of the molecule is C=C(C)COCCNc1c(Cl)cc([N+](=O)[O-])cc1Cl. The molecule has 1 N–H and O–H groups in total. The van der Waals surface area contributed by atoms with Crippen LogP contribution in [0.1, 0.15) is 6.92 Å². The number of non-ortho nitro benzene ring substituents is 1. The van der Waals surface area contributed by atoms with Crippen molar-refractivity contribution in [2.75, 3.05) is 25.1 Å². The molecule has 104 valence electrons. The third-order valence-electron chi connectivity index (χ3n) is 2.13. The van der Waals surface area contributed by atoms with Crippen molar-refractivity contribution in [2.45, 2.75) is 6.92 Å². The summed E-state index contributed by atoms with van der Waals surface area (Å²) in [6.45, 7) is 7.02. The van der Waals surface area contributed by atoms with E-state index in [4.69, 9.17) is 27.9 Å². The number of nitrogens with zero attached hydrogens (tertiary/aromatic N) is 1. The zero-order valence-corrected chi connectivity index (χ0v) is 11.9. The topological polar surface area (TPSA) is 64.4 Å². The standard InChI is InChI=1S/C12H14Cl2N2O3/c1-8(2)7-19-4-3-15-12-10(13)5-9(16(17)18)6-11(12)14/h5-6,15H,1,3-4,7H2,2H3. The maximum atomic E-state index is 10.6. The summed E-state index contributed by atoms with van der Waals surface area (Å²) in [5.41, 5.74) is 1.26. The van der Waals surface area contributed by atoms with Crippen LogP contribution in [0.4, 0.5) is 11.4 Å².